The van der Waals surface area contributed by atoms with Crippen molar-refractivity contribution in [2.45, 2.75) is 50.7 Å². The van der Waals surface area contributed by atoms with E-state index in [0.29, 0.717) is 17.9 Å². The van der Waals surface area contributed by atoms with E-state index in [-0.39, 0.29) is 18.8 Å². The van der Waals surface area contributed by atoms with Gasteiger partial charge in [-0.3, -0.25) is 9.59 Å². The highest BCUT2D eigenvalue weighted by Crippen LogP contribution is 2.64. The molecule has 2 amide bonds. The van der Waals surface area contributed by atoms with E-state index in [2.05, 4.69) is 6.58 Å². The largest absolute Gasteiger partial charge is 0.295 e. The molecule has 7 heteroatoms. The van der Waals surface area contributed by atoms with E-state index >= 15 is 0 Å². The Morgan fingerprint density at radius 1 is 1.24 bits per heavy atom. The van der Waals surface area contributed by atoms with Crippen LogP contribution in [-0.4, -0.2) is 30.0 Å². The Bertz CT molecular complexity index is 634. The lowest BCUT2D eigenvalue weighted by atomic mass is 9.73. The number of amides is 2. The number of rotatable bonds is 3. The van der Waals surface area contributed by atoms with Crippen molar-refractivity contribution < 1.29 is 22.3 Å². The molecule has 0 aromatic rings. The van der Waals surface area contributed by atoms with Crippen LogP contribution in [0.15, 0.2) is 12.2 Å². The highest BCUT2D eigenvalue weighted by atomic mass is 32.2. The highest BCUT2D eigenvalue weighted by Gasteiger charge is 2.67. The molecular formula is C14H19NO5S. The Morgan fingerprint density at radius 3 is 2.29 bits per heavy atom. The van der Waals surface area contributed by atoms with Crippen molar-refractivity contribution in [3.63, 3.8) is 0 Å². The molecule has 2 saturated carbocycles. The molecule has 1 aliphatic heterocycles. The molecule has 1 saturated heterocycles. The molecule has 1 heterocycles. The van der Waals surface area contributed by atoms with Crippen LogP contribution in [0.5, 0.6) is 0 Å². The van der Waals surface area contributed by atoms with Crippen LogP contribution in [-0.2, 0) is 24.0 Å². The standard InChI is InChI=1S/C14H19NO5S/c1-9-10-6-7-14(8-10,13(9,2)3)21(18,19)20-15-11(16)4-5-12(15)17/h10H,1,4-8H2,2-3H3. The number of imide groups is 1. The fraction of sp³-hybridized carbons (Fsp3) is 0.714. The summed E-state index contributed by atoms with van der Waals surface area (Å²) in [6, 6.07) is 0. The molecule has 0 N–H and O–H groups in total. The van der Waals surface area contributed by atoms with E-state index in [4.69, 9.17) is 4.28 Å². The molecule has 0 aromatic heterocycles. The first-order valence-corrected chi connectivity index (χ1v) is 8.52. The Kier molecular flexibility index (Phi) is 2.92. The van der Waals surface area contributed by atoms with Gasteiger partial charge in [0.15, 0.2) is 0 Å². The van der Waals surface area contributed by atoms with E-state index in [1.54, 1.807) is 0 Å². The van der Waals surface area contributed by atoms with Crippen LogP contribution in [0.1, 0.15) is 46.0 Å². The second-order valence-electron chi connectivity index (χ2n) is 6.69. The molecule has 2 aliphatic carbocycles. The number of hydroxylamine groups is 2. The minimum absolute atomic E-state index is 0.0000789. The van der Waals surface area contributed by atoms with Gasteiger partial charge in [-0.15, -0.1) is 9.35 Å². The number of nitrogens with zero attached hydrogens (tertiary/aromatic N) is 1. The first-order chi connectivity index (χ1) is 9.62. The maximum absolute atomic E-state index is 12.8. The van der Waals surface area contributed by atoms with Crippen LogP contribution in [0.3, 0.4) is 0 Å². The van der Waals surface area contributed by atoms with Crippen LogP contribution < -0.4 is 0 Å². The van der Waals surface area contributed by atoms with Gasteiger partial charge in [0.2, 0.25) is 0 Å². The van der Waals surface area contributed by atoms with Gasteiger partial charge in [-0.2, -0.15) is 8.42 Å². The van der Waals surface area contributed by atoms with E-state index in [0.717, 1.165) is 12.0 Å². The molecule has 21 heavy (non-hydrogen) atoms. The minimum atomic E-state index is -4.10. The van der Waals surface area contributed by atoms with Gasteiger partial charge in [0.05, 0.1) is 0 Å². The van der Waals surface area contributed by atoms with Gasteiger partial charge in [-0.25, -0.2) is 0 Å². The van der Waals surface area contributed by atoms with Crippen LogP contribution in [0.4, 0.5) is 0 Å². The lowest BCUT2D eigenvalue weighted by Gasteiger charge is -2.41. The van der Waals surface area contributed by atoms with Gasteiger partial charge in [0.25, 0.3) is 21.9 Å². The van der Waals surface area contributed by atoms with Crippen LogP contribution >= 0.6 is 0 Å². The number of allylic oxidation sites excluding steroid dienone is 1. The molecule has 0 aromatic carbocycles. The van der Waals surface area contributed by atoms with Crippen LogP contribution in [0, 0.1) is 11.3 Å². The van der Waals surface area contributed by atoms with Crippen LogP contribution in [0.25, 0.3) is 0 Å². The first-order valence-electron chi connectivity index (χ1n) is 7.12. The third kappa shape index (κ3) is 1.70. The van der Waals surface area contributed by atoms with Gasteiger partial charge in [0.1, 0.15) is 4.75 Å². The summed E-state index contributed by atoms with van der Waals surface area (Å²) in [6.45, 7) is 7.74. The number of fused-ring (bicyclic) bond motifs is 2. The zero-order valence-corrected chi connectivity index (χ0v) is 13.0. The number of carbonyl (C=O) groups is 2. The van der Waals surface area contributed by atoms with Crippen molar-refractivity contribution in [1.29, 1.82) is 0 Å². The predicted molar refractivity (Wildman–Crippen MR) is 74.1 cm³/mol. The summed E-state index contributed by atoms with van der Waals surface area (Å²) in [7, 11) is -4.10. The second kappa shape index (κ2) is 4.16. The fourth-order valence-electron chi connectivity index (χ4n) is 4.03. The van der Waals surface area contributed by atoms with E-state index in [1.807, 2.05) is 13.8 Å². The normalized spacial score (nSPS) is 35.0. The minimum Gasteiger partial charge on any atom is -0.272 e. The topological polar surface area (TPSA) is 80.8 Å². The molecule has 2 bridgehead atoms. The third-order valence-electron chi connectivity index (χ3n) is 5.56. The van der Waals surface area contributed by atoms with Crippen LogP contribution in [0.2, 0.25) is 0 Å². The van der Waals surface area contributed by atoms with Crippen molar-refractivity contribution in [3.8, 4) is 0 Å². The van der Waals surface area contributed by atoms with E-state index < -0.39 is 32.1 Å². The van der Waals surface area contributed by atoms with Gasteiger partial charge < -0.3 is 0 Å². The molecule has 3 rings (SSSR count). The summed E-state index contributed by atoms with van der Waals surface area (Å²) in [6.07, 6.45) is 1.69. The molecule has 3 aliphatic rings. The third-order valence-corrected chi connectivity index (χ3v) is 7.75. The fourth-order valence-corrected chi connectivity index (χ4v) is 6.06. The second-order valence-corrected chi connectivity index (χ2v) is 8.53. The summed E-state index contributed by atoms with van der Waals surface area (Å²) in [4.78, 5) is 23.2. The molecule has 0 spiro atoms. The summed E-state index contributed by atoms with van der Waals surface area (Å²) in [5.41, 5.74) is 0.292. The lowest BCUT2D eigenvalue weighted by molar-refractivity contribution is -0.164. The Morgan fingerprint density at radius 2 is 1.81 bits per heavy atom. The Labute approximate surface area is 124 Å². The zero-order chi connectivity index (χ0) is 15.6. The lowest BCUT2D eigenvalue weighted by Crippen LogP contribution is -2.50. The average molecular weight is 313 g/mol. The smallest absolute Gasteiger partial charge is 0.272 e. The van der Waals surface area contributed by atoms with Gasteiger partial charge in [-0.1, -0.05) is 26.0 Å². The average Bonchev–Trinajstić information content (AvgIpc) is 3.02. The summed E-state index contributed by atoms with van der Waals surface area (Å²) >= 11 is 0. The maximum Gasteiger partial charge on any atom is 0.295 e. The zero-order valence-electron chi connectivity index (χ0n) is 12.2. The SMILES string of the molecule is C=C1C2CCC(S(=O)(=O)ON3C(=O)CCC3=O)(C2)C1(C)C. The number of hydrogen-bond donors (Lipinski definition) is 0. The number of carbonyl (C=O) groups excluding carboxylic acids is 2. The molecule has 2 unspecified atom stereocenters. The molecule has 2 atom stereocenters. The quantitative estimate of drug-likeness (QED) is 0.583. The van der Waals surface area contributed by atoms with Gasteiger partial charge >= 0.3 is 0 Å². The predicted octanol–water partition coefficient (Wildman–Crippen LogP) is 1.53. The molecule has 116 valence electrons. The molecule has 3 fully saturated rings. The van der Waals surface area contributed by atoms with Gasteiger partial charge in [-0.05, 0) is 25.2 Å². The highest BCUT2D eigenvalue weighted by molar-refractivity contribution is 7.88. The van der Waals surface area contributed by atoms with Gasteiger partial charge in [0, 0.05) is 18.3 Å². The summed E-state index contributed by atoms with van der Waals surface area (Å²) in [5, 5.41) is 0.425. The van der Waals surface area contributed by atoms with Crippen molar-refractivity contribution >= 4 is 21.9 Å². The summed E-state index contributed by atoms with van der Waals surface area (Å²) < 4.78 is 29.5. The van der Waals surface area contributed by atoms with Crippen molar-refractivity contribution in [2.24, 2.45) is 11.3 Å². The Hall–Kier alpha value is -1.21. The number of hydrogen-bond acceptors (Lipinski definition) is 5. The monoisotopic (exact) mass is 313 g/mol. The van der Waals surface area contributed by atoms with Crippen molar-refractivity contribution in [3.05, 3.63) is 12.2 Å². The molecule has 6 nitrogen and oxygen atoms in total. The Balaban J connectivity index is 1.97. The van der Waals surface area contributed by atoms with E-state index in [1.165, 1.54) is 0 Å². The molecular weight excluding hydrogens is 294 g/mol. The summed E-state index contributed by atoms with van der Waals surface area (Å²) in [5.74, 6) is -1.02. The van der Waals surface area contributed by atoms with Crippen molar-refractivity contribution in [1.82, 2.24) is 5.06 Å². The van der Waals surface area contributed by atoms with Crippen molar-refractivity contribution in [2.75, 3.05) is 0 Å². The molecule has 0 radical (unpaired) electrons. The first kappa shape index (κ1) is 14.7. The maximum atomic E-state index is 12.8. The van der Waals surface area contributed by atoms with E-state index in [9.17, 15) is 18.0 Å².